The molecule has 0 aromatic heterocycles. The van der Waals surface area contributed by atoms with Crippen molar-refractivity contribution in [3.63, 3.8) is 0 Å². The lowest BCUT2D eigenvalue weighted by Crippen LogP contribution is -2.24. The van der Waals surface area contributed by atoms with Crippen molar-refractivity contribution in [2.75, 3.05) is 19.0 Å². The fourth-order valence-electron chi connectivity index (χ4n) is 2.79. The van der Waals surface area contributed by atoms with Gasteiger partial charge in [-0.25, -0.2) is 8.78 Å². The van der Waals surface area contributed by atoms with Gasteiger partial charge in [-0.3, -0.25) is 4.99 Å². The number of rotatable bonds is 5. The highest BCUT2D eigenvalue weighted by Gasteiger charge is 2.20. The summed E-state index contributed by atoms with van der Waals surface area (Å²) in [6, 6.07) is 3.17. The summed E-state index contributed by atoms with van der Waals surface area (Å²) in [4.78, 5) is 4.19. The summed E-state index contributed by atoms with van der Waals surface area (Å²) in [6.45, 7) is 0.581. The molecule has 0 unspecified atom stereocenters. The van der Waals surface area contributed by atoms with E-state index in [0.29, 0.717) is 18.6 Å². The molecule has 0 spiro atoms. The maximum absolute atomic E-state index is 13.5. The third-order valence-electron chi connectivity index (χ3n) is 4.14. The lowest BCUT2D eigenvalue weighted by Gasteiger charge is -2.27. The number of nitrogens with zero attached hydrogens (tertiary/aromatic N) is 1. The van der Waals surface area contributed by atoms with Gasteiger partial charge >= 0.3 is 0 Å². The van der Waals surface area contributed by atoms with E-state index >= 15 is 0 Å². The molecule has 1 aliphatic rings. The molecule has 0 saturated heterocycles. The molecule has 1 saturated carbocycles. The normalized spacial score (nSPS) is 22.6. The number of benzene rings is 1. The zero-order valence-electron chi connectivity index (χ0n) is 12.8. The van der Waals surface area contributed by atoms with Gasteiger partial charge in [-0.1, -0.05) is 0 Å². The predicted octanol–water partition coefficient (Wildman–Crippen LogP) is 3.29. The molecule has 1 aromatic rings. The first-order valence-corrected chi connectivity index (χ1v) is 7.63. The third kappa shape index (κ3) is 4.94. The van der Waals surface area contributed by atoms with Crippen LogP contribution in [0.5, 0.6) is 0 Å². The summed E-state index contributed by atoms with van der Waals surface area (Å²) in [5, 5.41) is 2.60. The van der Waals surface area contributed by atoms with Gasteiger partial charge in [0.15, 0.2) is 5.96 Å². The van der Waals surface area contributed by atoms with Crippen LogP contribution < -0.4 is 11.1 Å². The molecule has 0 atom stereocenters. The Bertz CT molecular complexity index is 514. The largest absolute Gasteiger partial charge is 0.381 e. The minimum absolute atomic E-state index is 0.00172. The Labute approximate surface area is 129 Å². The van der Waals surface area contributed by atoms with Crippen molar-refractivity contribution >= 4 is 11.6 Å². The standard InChI is InChI=1S/C16H23F2N3O/c1-22-13-5-2-11(3-6-13)8-9-20-16(19)21-15-10-12(17)4-7-14(15)18/h4,7,10-11,13H,2-3,5-6,8-9H2,1H3,(H3,19,20,21). The molecule has 1 aromatic carbocycles. The molecule has 0 aliphatic heterocycles. The first-order chi connectivity index (χ1) is 10.6. The van der Waals surface area contributed by atoms with Gasteiger partial charge < -0.3 is 15.8 Å². The number of nitrogens with one attached hydrogen (secondary N) is 1. The summed E-state index contributed by atoms with van der Waals surface area (Å²) in [5.41, 5.74) is 5.72. The summed E-state index contributed by atoms with van der Waals surface area (Å²) < 4.78 is 31.9. The van der Waals surface area contributed by atoms with Crippen molar-refractivity contribution in [3.8, 4) is 0 Å². The Hall–Kier alpha value is -1.69. The van der Waals surface area contributed by atoms with E-state index in [0.717, 1.165) is 50.3 Å². The molecule has 0 bridgehead atoms. The molecule has 22 heavy (non-hydrogen) atoms. The van der Waals surface area contributed by atoms with E-state index in [1.807, 2.05) is 0 Å². The van der Waals surface area contributed by atoms with E-state index < -0.39 is 11.6 Å². The van der Waals surface area contributed by atoms with Crippen molar-refractivity contribution in [3.05, 3.63) is 29.8 Å². The van der Waals surface area contributed by atoms with E-state index in [1.165, 1.54) is 0 Å². The minimum Gasteiger partial charge on any atom is -0.381 e. The number of hydrogen-bond donors (Lipinski definition) is 2. The topological polar surface area (TPSA) is 59.6 Å². The van der Waals surface area contributed by atoms with Crippen LogP contribution in [0.1, 0.15) is 32.1 Å². The monoisotopic (exact) mass is 311 g/mol. The highest BCUT2D eigenvalue weighted by Crippen LogP contribution is 2.28. The fraction of sp³-hybridized carbons (Fsp3) is 0.562. The highest BCUT2D eigenvalue weighted by atomic mass is 19.1. The van der Waals surface area contributed by atoms with Crippen LogP contribution in [0.3, 0.4) is 0 Å². The third-order valence-corrected chi connectivity index (χ3v) is 4.14. The van der Waals surface area contributed by atoms with Crippen molar-refractivity contribution < 1.29 is 13.5 Å². The maximum Gasteiger partial charge on any atom is 0.193 e. The van der Waals surface area contributed by atoms with E-state index in [9.17, 15) is 8.78 Å². The number of guanidine groups is 1. The molecule has 1 fully saturated rings. The Morgan fingerprint density at radius 2 is 2.05 bits per heavy atom. The van der Waals surface area contributed by atoms with Gasteiger partial charge in [0.25, 0.3) is 0 Å². The predicted molar refractivity (Wildman–Crippen MR) is 83.8 cm³/mol. The van der Waals surface area contributed by atoms with E-state index in [1.54, 1.807) is 7.11 Å². The van der Waals surface area contributed by atoms with Gasteiger partial charge in [0, 0.05) is 19.7 Å². The Balaban J connectivity index is 1.77. The number of hydrogen-bond acceptors (Lipinski definition) is 2. The van der Waals surface area contributed by atoms with Crippen LogP contribution in [-0.2, 0) is 4.74 Å². The SMILES string of the molecule is COC1CCC(CCN=C(N)Nc2cc(F)ccc2F)CC1. The van der Waals surface area contributed by atoms with Gasteiger partial charge in [-0.2, -0.15) is 0 Å². The lowest BCUT2D eigenvalue weighted by atomic mass is 9.85. The molecule has 6 heteroatoms. The number of aliphatic imine (C=N–C) groups is 1. The average molecular weight is 311 g/mol. The van der Waals surface area contributed by atoms with Crippen LogP contribution >= 0.6 is 0 Å². The average Bonchev–Trinajstić information content (AvgIpc) is 2.51. The first-order valence-electron chi connectivity index (χ1n) is 7.63. The van der Waals surface area contributed by atoms with Crippen molar-refractivity contribution in [1.29, 1.82) is 0 Å². The Morgan fingerprint density at radius 3 is 2.73 bits per heavy atom. The van der Waals surface area contributed by atoms with Crippen molar-refractivity contribution in [2.24, 2.45) is 16.6 Å². The van der Waals surface area contributed by atoms with Gasteiger partial charge in [0.1, 0.15) is 11.6 Å². The summed E-state index contributed by atoms with van der Waals surface area (Å²) in [7, 11) is 1.76. The lowest BCUT2D eigenvalue weighted by molar-refractivity contribution is 0.0559. The number of ether oxygens (including phenoxy) is 1. The summed E-state index contributed by atoms with van der Waals surface area (Å²) in [5.74, 6) is -0.340. The molecule has 2 rings (SSSR count). The van der Waals surface area contributed by atoms with E-state index in [4.69, 9.17) is 10.5 Å². The van der Waals surface area contributed by atoms with Gasteiger partial charge in [-0.15, -0.1) is 0 Å². The van der Waals surface area contributed by atoms with Gasteiger partial charge in [0.05, 0.1) is 11.8 Å². The molecule has 0 heterocycles. The van der Waals surface area contributed by atoms with E-state index in [-0.39, 0.29) is 11.6 Å². The zero-order chi connectivity index (χ0) is 15.9. The molecule has 122 valence electrons. The van der Waals surface area contributed by atoms with Crippen LogP contribution in [0.2, 0.25) is 0 Å². The van der Waals surface area contributed by atoms with Crippen LogP contribution in [0, 0.1) is 17.6 Å². The number of anilines is 1. The van der Waals surface area contributed by atoms with Crippen LogP contribution in [0.15, 0.2) is 23.2 Å². The molecular weight excluding hydrogens is 288 g/mol. The quantitative estimate of drug-likeness (QED) is 0.648. The summed E-state index contributed by atoms with van der Waals surface area (Å²) in [6.07, 6.45) is 5.80. The van der Waals surface area contributed by atoms with Crippen LogP contribution in [0.4, 0.5) is 14.5 Å². The molecule has 4 nitrogen and oxygen atoms in total. The second-order valence-corrected chi connectivity index (χ2v) is 5.68. The second kappa shape index (κ2) is 8.08. The molecule has 1 aliphatic carbocycles. The smallest absolute Gasteiger partial charge is 0.193 e. The first kappa shape index (κ1) is 16.7. The Morgan fingerprint density at radius 1 is 1.32 bits per heavy atom. The van der Waals surface area contributed by atoms with Crippen molar-refractivity contribution in [2.45, 2.75) is 38.2 Å². The van der Waals surface area contributed by atoms with Crippen LogP contribution in [0.25, 0.3) is 0 Å². The van der Waals surface area contributed by atoms with Crippen molar-refractivity contribution in [1.82, 2.24) is 0 Å². The molecule has 0 amide bonds. The fourth-order valence-corrected chi connectivity index (χ4v) is 2.79. The highest BCUT2D eigenvalue weighted by molar-refractivity contribution is 5.92. The van der Waals surface area contributed by atoms with Crippen LogP contribution in [-0.4, -0.2) is 25.7 Å². The van der Waals surface area contributed by atoms with Gasteiger partial charge in [0.2, 0.25) is 0 Å². The maximum atomic E-state index is 13.5. The molecule has 0 radical (unpaired) electrons. The zero-order valence-corrected chi connectivity index (χ0v) is 12.8. The number of methoxy groups -OCH3 is 1. The summed E-state index contributed by atoms with van der Waals surface area (Å²) >= 11 is 0. The minimum atomic E-state index is -0.558. The molecule has 3 N–H and O–H groups in total. The number of nitrogens with two attached hydrogens (primary N) is 1. The molecular formula is C16H23F2N3O. The van der Waals surface area contributed by atoms with E-state index in [2.05, 4.69) is 10.3 Å². The Kier molecular flexibility index (Phi) is 6.12. The van der Waals surface area contributed by atoms with Gasteiger partial charge in [-0.05, 0) is 50.2 Å². The second-order valence-electron chi connectivity index (χ2n) is 5.68. The number of halogens is 2.